The molecule has 0 spiro atoms. The zero-order valence-corrected chi connectivity index (χ0v) is 29.0. The van der Waals surface area contributed by atoms with Crippen LogP contribution in [-0.4, -0.2) is 95.7 Å². The summed E-state index contributed by atoms with van der Waals surface area (Å²) in [5.74, 6) is 1.07. The number of hydrogen-bond acceptors (Lipinski definition) is 7. The number of ether oxygens (including phenoxy) is 4. The number of methoxy groups -OCH3 is 2. The average Bonchev–Trinajstić information content (AvgIpc) is 3.29. The van der Waals surface area contributed by atoms with Gasteiger partial charge in [-0.15, -0.1) is 0 Å². The van der Waals surface area contributed by atoms with Crippen LogP contribution >= 0.6 is 0 Å². The Morgan fingerprint density at radius 2 is 1.69 bits per heavy atom. The molecule has 0 aromatic heterocycles. The van der Waals surface area contributed by atoms with Crippen molar-refractivity contribution in [2.75, 3.05) is 47.1 Å². The third kappa shape index (κ3) is 10.5. The Labute approximate surface area is 255 Å². The summed E-state index contributed by atoms with van der Waals surface area (Å²) < 4.78 is 28.9. The minimum Gasteiger partial charge on any atom is -0.493 e. The Bertz CT molecular complexity index is 1020. The van der Waals surface area contributed by atoms with E-state index in [0.29, 0.717) is 49.9 Å². The minimum atomic E-state index is -1.02. The molecule has 1 heterocycles. The predicted molar refractivity (Wildman–Crippen MR) is 168 cm³/mol. The summed E-state index contributed by atoms with van der Waals surface area (Å²) in [4.78, 5) is 30.9. The lowest BCUT2D eigenvalue weighted by atomic mass is 9.77. The number of carbonyl (C=O) groups excluding carboxylic acids is 2. The van der Waals surface area contributed by atoms with Crippen molar-refractivity contribution in [2.24, 2.45) is 17.3 Å². The van der Waals surface area contributed by atoms with E-state index in [4.69, 9.17) is 23.4 Å². The highest BCUT2D eigenvalue weighted by atomic mass is 28.3. The van der Waals surface area contributed by atoms with E-state index in [9.17, 15) is 9.59 Å². The van der Waals surface area contributed by atoms with E-state index < -0.39 is 14.6 Å². The van der Waals surface area contributed by atoms with E-state index in [1.807, 2.05) is 39.5 Å². The van der Waals surface area contributed by atoms with Crippen LogP contribution in [0.15, 0.2) is 18.2 Å². The molecule has 0 bridgehead atoms. The lowest BCUT2D eigenvalue weighted by Gasteiger charge is -2.40. The highest BCUT2D eigenvalue weighted by Crippen LogP contribution is 2.39. The lowest BCUT2D eigenvalue weighted by Crippen LogP contribution is -2.47. The molecule has 239 valence electrons. The standard InChI is InChI=1S/C32H55N2O7Si/c1-22(2)34(29(35)23-14-15-26(38-10)27(18-23)39-17-13-16-37-9)20-24-19-33(30(36)40-32(6,7)8)21-25(24)28(31(3,4)5)41-42(11)12/h14-15,18,22,24-25,28H,13,16-17,19-21H2,1-12H3/t24-,25+,28?/m0/s1. The number of rotatable bonds is 13. The lowest BCUT2D eigenvalue weighted by molar-refractivity contribution is 0.00989. The molecule has 2 amide bonds. The van der Waals surface area contributed by atoms with Gasteiger partial charge in [-0.1, -0.05) is 20.8 Å². The molecule has 0 saturated carbocycles. The van der Waals surface area contributed by atoms with Crippen LogP contribution in [0.5, 0.6) is 11.5 Å². The van der Waals surface area contributed by atoms with Crippen LogP contribution in [0.1, 0.15) is 72.2 Å². The Morgan fingerprint density at radius 1 is 1.02 bits per heavy atom. The van der Waals surface area contributed by atoms with Crippen molar-refractivity contribution in [3.05, 3.63) is 23.8 Å². The number of likely N-dealkylation sites (tertiary alicyclic amines) is 1. The van der Waals surface area contributed by atoms with Gasteiger partial charge in [0.05, 0.1) is 19.8 Å². The summed E-state index contributed by atoms with van der Waals surface area (Å²) >= 11 is 0. The van der Waals surface area contributed by atoms with Gasteiger partial charge in [0.2, 0.25) is 9.04 Å². The average molecular weight is 608 g/mol. The molecule has 42 heavy (non-hydrogen) atoms. The van der Waals surface area contributed by atoms with Gasteiger partial charge in [0.25, 0.3) is 5.91 Å². The van der Waals surface area contributed by atoms with Gasteiger partial charge in [-0.3, -0.25) is 4.79 Å². The molecule has 3 atom stereocenters. The fourth-order valence-electron chi connectivity index (χ4n) is 5.32. The second-order valence-corrected chi connectivity index (χ2v) is 15.8. The Balaban J connectivity index is 2.40. The molecule has 1 saturated heterocycles. The Morgan fingerprint density at radius 3 is 2.21 bits per heavy atom. The maximum absolute atomic E-state index is 14.0. The summed E-state index contributed by atoms with van der Waals surface area (Å²) in [5, 5.41) is 0. The first-order valence-electron chi connectivity index (χ1n) is 15.0. The molecule has 1 aromatic rings. The molecule has 10 heteroatoms. The summed E-state index contributed by atoms with van der Waals surface area (Å²) in [6, 6.07) is 5.25. The predicted octanol–water partition coefficient (Wildman–Crippen LogP) is 6.13. The normalized spacial score (nSPS) is 18.4. The molecule has 0 N–H and O–H groups in total. The number of amides is 2. The third-order valence-corrected chi connectivity index (χ3v) is 7.95. The zero-order chi connectivity index (χ0) is 31.8. The van der Waals surface area contributed by atoms with Crippen LogP contribution < -0.4 is 9.47 Å². The molecule has 2 rings (SSSR count). The van der Waals surface area contributed by atoms with Crippen molar-refractivity contribution in [3.8, 4) is 11.5 Å². The maximum atomic E-state index is 14.0. The van der Waals surface area contributed by atoms with Gasteiger partial charge in [0.15, 0.2) is 11.5 Å². The van der Waals surface area contributed by atoms with Crippen molar-refractivity contribution < 1.29 is 33.0 Å². The first-order valence-corrected chi connectivity index (χ1v) is 17.4. The fraction of sp³-hybridized carbons (Fsp3) is 0.750. The second kappa shape index (κ2) is 15.4. The molecule has 1 aliphatic rings. The number of nitrogens with zero attached hydrogens (tertiary/aromatic N) is 2. The van der Waals surface area contributed by atoms with Crippen molar-refractivity contribution in [1.29, 1.82) is 0 Å². The van der Waals surface area contributed by atoms with E-state index in [1.165, 1.54) is 0 Å². The van der Waals surface area contributed by atoms with E-state index in [2.05, 4.69) is 33.9 Å². The van der Waals surface area contributed by atoms with Crippen molar-refractivity contribution >= 4 is 21.0 Å². The first kappa shape index (κ1) is 35.9. The summed E-state index contributed by atoms with van der Waals surface area (Å²) in [7, 11) is 2.23. The molecule has 0 aliphatic carbocycles. The first-order chi connectivity index (χ1) is 19.5. The van der Waals surface area contributed by atoms with Gasteiger partial charge in [-0.2, -0.15) is 0 Å². The summed E-state index contributed by atoms with van der Waals surface area (Å²) in [5.41, 5.74) is -0.210. The number of hydrogen-bond donors (Lipinski definition) is 0. The smallest absolute Gasteiger partial charge is 0.410 e. The van der Waals surface area contributed by atoms with Crippen molar-refractivity contribution in [1.82, 2.24) is 9.80 Å². The fourth-order valence-corrected chi connectivity index (χ4v) is 6.36. The molecule has 1 aliphatic heterocycles. The van der Waals surface area contributed by atoms with Crippen LogP contribution in [0.25, 0.3) is 0 Å². The molecular weight excluding hydrogens is 552 g/mol. The third-order valence-electron chi connectivity index (χ3n) is 7.22. The van der Waals surface area contributed by atoms with Gasteiger partial charge >= 0.3 is 6.09 Å². The van der Waals surface area contributed by atoms with Crippen LogP contribution in [0.3, 0.4) is 0 Å². The summed E-state index contributed by atoms with van der Waals surface area (Å²) in [6.07, 6.45) is 0.327. The van der Waals surface area contributed by atoms with E-state index in [-0.39, 0.29) is 41.4 Å². The number of carbonyl (C=O) groups is 2. The van der Waals surface area contributed by atoms with Gasteiger partial charge in [-0.25, -0.2) is 4.79 Å². The van der Waals surface area contributed by atoms with Crippen molar-refractivity contribution in [3.63, 3.8) is 0 Å². The van der Waals surface area contributed by atoms with Crippen molar-refractivity contribution in [2.45, 2.75) is 92.7 Å². The van der Waals surface area contributed by atoms with Gasteiger partial charge in [0.1, 0.15) is 5.60 Å². The molecule has 1 unspecified atom stereocenters. The van der Waals surface area contributed by atoms with Crippen LogP contribution in [-0.2, 0) is 13.9 Å². The van der Waals surface area contributed by atoms with Gasteiger partial charge < -0.3 is 33.2 Å². The zero-order valence-electron chi connectivity index (χ0n) is 28.0. The topological polar surface area (TPSA) is 86.8 Å². The maximum Gasteiger partial charge on any atom is 0.410 e. The molecule has 1 aromatic carbocycles. The van der Waals surface area contributed by atoms with E-state index >= 15 is 0 Å². The Kier molecular flexibility index (Phi) is 13.2. The molecule has 1 fully saturated rings. The number of benzene rings is 1. The highest BCUT2D eigenvalue weighted by Gasteiger charge is 2.46. The van der Waals surface area contributed by atoms with Gasteiger partial charge in [0, 0.05) is 63.2 Å². The Hall–Kier alpha value is -2.30. The molecule has 1 radical (unpaired) electrons. The molecular formula is C32H55N2O7Si. The SMILES string of the molecule is COCCCOc1cc(C(=O)N(C[C@@H]2CN(C(=O)OC(C)(C)C)C[C@H]2C(O[Si](C)C)C(C)(C)C)C(C)C)ccc1OC. The minimum absolute atomic E-state index is 0.0115. The van der Waals surface area contributed by atoms with E-state index in [1.54, 1.807) is 37.3 Å². The molecule has 9 nitrogen and oxygen atoms in total. The van der Waals surface area contributed by atoms with Gasteiger partial charge in [-0.05, 0) is 71.3 Å². The largest absolute Gasteiger partial charge is 0.493 e. The van der Waals surface area contributed by atoms with Crippen LogP contribution in [0.4, 0.5) is 4.79 Å². The second-order valence-electron chi connectivity index (χ2n) is 13.7. The van der Waals surface area contributed by atoms with Crippen LogP contribution in [0.2, 0.25) is 13.1 Å². The summed E-state index contributed by atoms with van der Waals surface area (Å²) in [6.45, 7) is 23.1. The highest BCUT2D eigenvalue weighted by molar-refractivity contribution is 6.48. The van der Waals surface area contributed by atoms with E-state index in [0.717, 1.165) is 6.42 Å². The quantitative estimate of drug-likeness (QED) is 0.197. The monoisotopic (exact) mass is 607 g/mol. The van der Waals surface area contributed by atoms with Crippen LogP contribution in [0, 0.1) is 17.3 Å².